The monoisotopic (exact) mass is 329 g/mol. The molecule has 3 nitrogen and oxygen atoms in total. The Kier molecular flexibility index (Phi) is 2.78. The number of hydrogen-bond donors (Lipinski definition) is 1. The summed E-state index contributed by atoms with van der Waals surface area (Å²) in [6.45, 7) is 2.61. The molecule has 0 spiro atoms. The molecule has 7 atom stereocenters. The first-order valence-electron chi connectivity index (χ1n) is 9.31. The van der Waals surface area contributed by atoms with Crippen molar-refractivity contribution in [2.75, 3.05) is 21.2 Å². The van der Waals surface area contributed by atoms with Gasteiger partial charge in [-0.3, -0.25) is 4.98 Å². The number of quaternary nitrogens is 1. The van der Waals surface area contributed by atoms with Gasteiger partial charge in [0.15, 0.2) is 0 Å². The molecule has 23 heavy (non-hydrogen) atoms. The molecule has 0 amide bonds. The highest BCUT2D eigenvalue weighted by Crippen LogP contribution is 2.74. The number of hydrogen-bond acceptors (Lipinski definition) is 2. The first kappa shape index (κ1) is 14.5. The Morgan fingerprint density at radius 2 is 1.96 bits per heavy atom. The highest BCUT2D eigenvalue weighted by molar-refractivity contribution is 6.82. The molecule has 4 aliphatic rings. The van der Waals surface area contributed by atoms with Crippen molar-refractivity contribution in [2.24, 2.45) is 11.8 Å². The van der Waals surface area contributed by atoms with Crippen LogP contribution >= 0.6 is 0 Å². The molecule has 0 aromatic heterocycles. The summed E-state index contributed by atoms with van der Waals surface area (Å²) in [5, 5.41) is 0. The van der Waals surface area contributed by atoms with E-state index in [0.717, 1.165) is 35.1 Å². The van der Waals surface area contributed by atoms with E-state index in [0.29, 0.717) is 0 Å². The zero-order chi connectivity index (χ0) is 16.0. The summed E-state index contributed by atoms with van der Waals surface area (Å²) in [6.07, 6.45) is 5.83. The van der Waals surface area contributed by atoms with Gasteiger partial charge < -0.3 is 8.89 Å². The van der Waals surface area contributed by atoms with E-state index in [2.05, 4.69) is 43.8 Å². The first-order chi connectivity index (χ1) is 11.1. The van der Waals surface area contributed by atoms with Crippen molar-refractivity contribution in [2.45, 2.75) is 49.7 Å². The summed E-state index contributed by atoms with van der Waals surface area (Å²) in [5.74, 6) is 3.73. The summed E-state index contributed by atoms with van der Waals surface area (Å²) in [5.41, 5.74) is 4.19. The summed E-state index contributed by atoms with van der Waals surface area (Å²) in [6, 6.07) is 7.78. The molecule has 2 saturated carbocycles. The normalized spacial score (nSPS) is 49.1. The molecule has 5 rings (SSSR count). The molecule has 1 saturated heterocycles. The van der Waals surface area contributed by atoms with Gasteiger partial charge >= 0.3 is 8.40 Å². The van der Waals surface area contributed by atoms with Crippen molar-refractivity contribution in [1.29, 1.82) is 0 Å². The maximum absolute atomic E-state index is 5.57. The van der Waals surface area contributed by atoms with Crippen LogP contribution in [0.25, 0.3) is 0 Å². The topological polar surface area (TPSA) is 21.3 Å². The van der Waals surface area contributed by atoms with Crippen LogP contribution < -0.4 is 13.9 Å². The third-order valence-electron chi connectivity index (χ3n) is 8.34. The van der Waals surface area contributed by atoms with Crippen molar-refractivity contribution < 1.29 is 4.74 Å². The Labute approximate surface area is 140 Å². The average molecular weight is 330 g/mol. The van der Waals surface area contributed by atoms with Crippen molar-refractivity contribution in [3.63, 3.8) is 0 Å². The fraction of sp³-hybridized carbons (Fsp3) is 0.684. The van der Waals surface area contributed by atoms with E-state index in [1.54, 1.807) is 18.4 Å². The molecule has 0 radical (unpaired) electrons. The molecule has 4 heteroatoms. The predicted octanol–water partition coefficient (Wildman–Crippen LogP) is 3.59. The Bertz CT molecular complexity index is 679. The van der Waals surface area contributed by atoms with Crippen LogP contribution in [-0.2, 0) is 0 Å². The van der Waals surface area contributed by atoms with Gasteiger partial charge in [0.2, 0.25) is 0 Å². The van der Waals surface area contributed by atoms with E-state index in [1.165, 1.54) is 29.8 Å². The molecule has 2 aliphatic heterocycles. The maximum atomic E-state index is 5.57. The van der Waals surface area contributed by atoms with Crippen molar-refractivity contribution >= 4 is 14.1 Å². The molecular weight excluding hydrogens is 300 g/mol. The summed E-state index contributed by atoms with van der Waals surface area (Å²) in [4.78, 5) is 3.90. The second-order valence-corrected chi connectivity index (χ2v) is 12.9. The third-order valence-corrected chi connectivity index (χ3v) is 13.9. The van der Waals surface area contributed by atoms with Gasteiger partial charge in [0, 0.05) is 17.5 Å². The summed E-state index contributed by atoms with van der Waals surface area (Å²) >= 11 is 0. The number of methoxy groups -OCH3 is 1. The summed E-state index contributed by atoms with van der Waals surface area (Å²) < 4.78 is 6.80. The highest BCUT2D eigenvalue weighted by Gasteiger charge is 2.83. The van der Waals surface area contributed by atoms with E-state index in [-0.39, 0.29) is 0 Å². The standard InChI is InChI=1S/C19H29N2OSi/c1-20-23(4)19-14-8-6-5-7-13(14)17-15-11-12(22-3)9-10-16(15)21(23,2)18(17)19/h9-11,13-14,17-20H,5-8H2,1-4H3/q+1. The number of nitrogens with one attached hydrogen (secondary N) is 1. The lowest BCUT2D eigenvalue weighted by Crippen LogP contribution is -2.88. The maximum Gasteiger partial charge on any atom is 0.377 e. The number of ether oxygens (including phenoxy) is 1. The van der Waals surface area contributed by atoms with Gasteiger partial charge in [0.05, 0.1) is 25.7 Å². The third kappa shape index (κ3) is 1.37. The first-order valence-corrected chi connectivity index (χ1v) is 11.8. The average Bonchev–Trinajstić information content (AvgIpc) is 3.04. The summed E-state index contributed by atoms with van der Waals surface area (Å²) in [7, 11) is 5.02. The number of benzene rings is 1. The van der Waals surface area contributed by atoms with Crippen LogP contribution in [0, 0.1) is 11.8 Å². The number of fused-ring (bicyclic) bond motifs is 6. The van der Waals surface area contributed by atoms with Gasteiger partial charge in [-0.05, 0) is 50.4 Å². The second-order valence-electron chi connectivity index (χ2n) is 8.55. The minimum Gasteiger partial charge on any atom is -0.497 e. The zero-order valence-electron chi connectivity index (χ0n) is 14.8. The molecule has 7 unspecified atom stereocenters. The van der Waals surface area contributed by atoms with Crippen molar-refractivity contribution in [3.05, 3.63) is 23.8 Å². The molecule has 1 N–H and O–H groups in total. The predicted molar refractivity (Wildman–Crippen MR) is 97.1 cm³/mol. The van der Waals surface area contributed by atoms with Crippen LogP contribution in [-0.4, -0.2) is 35.6 Å². The van der Waals surface area contributed by atoms with E-state index in [4.69, 9.17) is 4.74 Å². The van der Waals surface area contributed by atoms with E-state index in [9.17, 15) is 0 Å². The van der Waals surface area contributed by atoms with Crippen LogP contribution in [0.3, 0.4) is 0 Å². The molecule has 2 aliphatic carbocycles. The number of rotatable bonds is 2. The minimum atomic E-state index is -1.55. The smallest absolute Gasteiger partial charge is 0.377 e. The molecule has 3 fully saturated rings. The Balaban J connectivity index is 1.73. The fourth-order valence-electron chi connectivity index (χ4n) is 7.31. The molecule has 1 aromatic rings. The Morgan fingerprint density at radius 3 is 2.65 bits per heavy atom. The van der Waals surface area contributed by atoms with E-state index in [1.807, 2.05) is 0 Å². The van der Waals surface area contributed by atoms with E-state index >= 15 is 0 Å². The molecule has 124 valence electrons. The molecule has 2 heterocycles. The van der Waals surface area contributed by atoms with Crippen LogP contribution in [0.5, 0.6) is 5.75 Å². The van der Waals surface area contributed by atoms with Gasteiger partial charge in [-0.15, -0.1) is 0 Å². The zero-order valence-corrected chi connectivity index (χ0v) is 15.8. The number of likely N-dealkylation sites (N-methyl/N-ethyl adjacent to an activating group) is 1. The van der Waals surface area contributed by atoms with Gasteiger partial charge in [0.25, 0.3) is 0 Å². The van der Waals surface area contributed by atoms with Crippen LogP contribution in [0.1, 0.15) is 37.2 Å². The fourth-order valence-corrected chi connectivity index (χ4v) is 12.6. The van der Waals surface area contributed by atoms with Crippen molar-refractivity contribution in [3.8, 4) is 5.75 Å². The second kappa shape index (κ2) is 4.41. The van der Waals surface area contributed by atoms with Crippen LogP contribution in [0.15, 0.2) is 18.2 Å². The molecule has 0 bridgehead atoms. The number of nitrogens with zero attached hydrogens (tertiary/aromatic N) is 1. The minimum absolute atomic E-state index is 0.786. The molecular formula is C19H29N2OSi+. The SMILES string of the molecule is CN[Si]1(C)C2C3CCCCC3C3c4cc(OC)ccc4[N+]1(C)C32. The van der Waals surface area contributed by atoms with Gasteiger partial charge in [-0.25, -0.2) is 0 Å². The van der Waals surface area contributed by atoms with Gasteiger partial charge in [-0.1, -0.05) is 12.8 Å². The van der Waals surface area contributed by atoms with Crippen LogP contribution in [0.2, 0.25) is 12.1 Å². The van der Waals surface area contributed by atoms with E-state index < -0.39 is 8.40 Å². The lowest BCUT2D eigenvalue weighted by Gasteiger charge is -2.63. The quantitative estimate of drug-likeness (QED) is 0.837. The largest absolute Gasteiger partial charge is 0.497 e. The Hall–Kier alpha value is -0.843. The van der Waals surface area contributed by atoms with Crippen LogP contribution in [0.4, 0.5) is 5.69 Å². The van der Waals surface area contributed by atoms with Gasteiger partial charge in [0.1, 0.15) is 11.4 Å². The Morgan fingerprint density at radius 1 is 1.22 bits per heavy atom. The van der Waals surface area contributed by atoms with Gasteiger partial charge in [-0.2, -0.15) is 0 Å². The van der Waals surface area contributed by atoms with Crippen molar-refractivity contribution in [1.82, 2.24) is 9.13 Å². The lowest BCUT2D eigenvalue weighted by molar-refractivity contribution is 0.238. The molecule has 1 aromatic carbocycles. The highest BCUT2D eigenvalue weighted by atomic mass is 28.4. The lowest BCUT2D eigenvalue weighted by atomic mass is 9.76.